The molecule has 36 heavy (non-hydrogen) atoms. The van der Waals surface area contributed by atoms with Crippen LogP contribution in [0.2, 0.25) is 0 Å². The van der Waals surface area contributed by atoms with Crippen LogP contribution < -0.4 is 10.6 Å². The Hall–Kier alpha value is -3.20. The summed E-state index contributed by atoms with van der Waals surface area (Å²) in [6, 6.07) is 5.26. The van der Waals surface area contributed by atoms with Gasteiger partial charge in [-0.25, -0.2) is 28.2 Å². The highest BCUT2D eigenvalue weighted by Crippen LogP contribution is 2.27. The molecule has 12 nitrogen and oxygen atoms in total. The molecule has 192 valence electrons. The number of para-hydroxylation sites is 1. The fourth-order valence-electron chi connectivity index (χ4n) is 4.01. The van der Waals surface area contributed by atoms with Crippen LogP contribution in [0.3, 0.4) is 0 Å². The number of anilines is 2. The first-order chi connectivity index (χ1) is 17.2. The van der Waals surface area contributed by atoms with Gasteiger partial charge in [-0.3, -0.25) is 9.69 Å². The molecule has 3 aromatic rings. The SMILES string of the molecule is COC(=O)c1cccc2c(NC(C)CN3CCN(S(=O)(=O)c4cnc(NC(C)=O)s4)CC3)ncnc12. The topological polar surface area (TPSA) is 147 Å². The quantitative estimate of drug-likeness (QED) is 0.410. The second-order valence-corrected chi connectivity index (χ2v) is 11.5. The molecule has 1 amide bonds. The molecule has 2 aromatic heterocycles. The standard InChI is InChI=1S/C22H27N7O5S2/c1-14(26-20-16-5-4-6-17(21(31)34-3)19(16)24-13-25-20)12-28-7-9-29(10-8-28)36(32,33)18-11-23-22(35-18)27-15(2)30/h4-6,11,13-14H,7-10,12H2,1-3H3,(H,23,27,30)(H,24,25,26). The number of esters is 1. The molecule has 0 bridgehead atoms. The third kappa shape index (κ3) is 5.61. The highest BCUT2D eigenvalue weighted by Gasteiger charge is 2.30. The van der Waals surface area contributed by atoms with Crippen LogP contribution in [0.5, 0.6) is 0 Å². The van der Waals surface area contributed by atoms with Crippen LogP contribution in [0.4, 0.5) is 10.9 Å². The number of benzene rings is 1. The Labute approximate surface area is 212 Å². The minimum Gasteiger partial charge on any atom is -0.465 e. The van der Waals surface area contributed by atoms with Crippen LogP contribution in [-0.2, 0) is 19.6 Å². The molecule has 1 aromatic carbocycles. The van der Waals surface area contributed by atoms with Crippen molar-refractivity contribution in [3.63, 3.8) is 0 Å². The van der Waals surface area contributed by atoms with E-state index in [4.69, 9.17) is 4.74 Å². The van der Waals surface area contributed by atoms with Gasteiger partial charge in [0.25, 0.3) is 10.0 Å². The van der Waals surface area contributed by atoms with Crippen LogP contribution in [0.25, 0.3) is 10.9 Å². The molecule has 1 fully saturated rings. The Balaban J connectivity index is 1.37. The third-order valence-corrected chi connectivity index (χ3v) is 8.93. The van der Waals surface area contributed by atoms with Gasteiger partial charge in [-0.15, -0.1) is 0 Å². The number of carbonyl (C=O) groups is 2. The zero-order valence-corrected chi connectivity index (χ0v) is 21.7. The first kappa shape index (κ1) is 25.9. The van der Waals surface area contributed by atoms with E-state index in [0.717, 1.165) is 11.3 Å². The zero-order valence-electron chi connectivity index (χ0n) is 20.1. The van der Waals surface area contributed by atoms with Crippen LogP contribution in [0, 0.1) is 0 Å². The Morgan fingerprint density at radius 1 is 1.17 bits per heavy atom. The van der Waals surface area contributed by atoms with E-state index in [1.165, 1.54) is 30.9 Å². The Morgan fingerprint density at radius 2 is 1.92 bits per heavy atom. The van der Waals surface area contributed by atoms with E-state index in [0.29, 0.717) is 55.0 Å². The molecule has 1 aliphatic heterocycles. The lowest BCUT2D eigenvalue weighted by Crippen LogP contribution is -2.50. The van der Waals surface area contributed by atoms with E-state index in [1.807, 2.05) is 13.0 Å². The fourth-order valence-corrected chi connectivity index (χ4v) is 6.67. The van der Waals surface area contributed by atoms with Crippen molar-refractivity contribution in [3.05, 3.63) is 36.3 Å². The summed E-state index contributed by atoms with van der Waals surface area (Å²) in [5.41, 5.74) is 0.883. The van der Waals surface area contributed by atoms with Gasteiger partial charge in [-0.2, -0.15) is 4.31 Å². The molecule has 0 saturated carbocycles. The molecule has 1 saturated heterocycles. The summed E-state index contributed by atoms with van der Waals surface area (Å²) in [6.07, 6.45) is 2.69. The summed E-state index contributed by atoms with van der Waals surface area (Å²) in [7, 11) is -2.35. The normalized spacial score (nSPS) is 16.0. The molecule has 1 unspecified atom stereocenters. The van der Waals surface area contributed by atoms with Gasteiger partial charge in [0.15, 0.2) is 9.34 Å². The van der Waals surface area contributed by atoms with Crippen molar-refractivity contribution in [3.8, 4) is 0 Å². The van der Waals surface area contributed by atoms with Crippen LogP contribution >= 0.6 is 11.3 Å². The van der Waals surface area contributed by atoms with E-state index in [9.17, 15) is 18.0 Å². The maximum atomic E-state index is 13.0. The van der Waals surface area contributed by atoms with Crippen molar-refractivity contribution >= 4 is 55.1 Å². The van der Waals surface area contributed by atoms with Crippen molar-refractivity contribution in [1.29, 1.82) is 0 Å². The van der Waals surface area contributed by atoms with Gasteiger partial charge in [-0.1, -0.05) is 17.4 Å². The first-order valence-electron chi connectivity index (χ1n) is 11.2. The number of aromatic nitrogens is 3. The van der Waals surface area contributed by atoms with Gasteiger partial charge in [0.05, 0.1) is 24.4 Å². The number of ether oxygens (including phenoxy) is 1. The number of nitrogens with one attached hydrogen (secondary N) is 2. The highest BCUT2D eigenvalue weighted by atomic mass is 32.2. The summed E-state index contributed by atoms with van der Waals surface area (Å²) < 4.78 is 32.4. The van der Waals surface area contributed by atoms with Crippen molar-refractivity contribution in [2.24, 2.45) is 0 Å². The van der Waals surface area contributed by atoms with E-state index >= 15 is 0 Å². The summed E-state index contributed by atoms with van der Waals surface area (Å²) >= 11 is 0.942. The summed E-state index contributed by atoms with van der Waals surface area (Å²) in [4.78, 5) is 38.0. The molecule has 0 aliphatic carbocycles. The largest absolute Gasteiger partial charge is 0.465 e. The number of amides is 1. The minimum absolute atomic E-state index is 0.00486. The number of carbonyl (C=O) groups excluding carboxylic acids is 2. The number of sulfonamides is 1. The molecular weight excluding hydrogens is 506 g/mol. The Bertz CT molecular complexity index is 1370. The number of nitrogens with zero attached hydrogens (tertiary/aromatic N) is 5. The molecule has 1 aliphatic rings. The first-order valence-corrected chi connectivity index (χ1v) is 13.5. The van der Waals surface area contributed by atoms with Gasteiger partial charge in [0.2, 0.25) is 5.91 Å². The zero-order chi connectivity index (χ0) is 25.9. The Kier molecular flexibility index (Phi) is 7.78. The van der Waals surface area contributed by atoms with Crippen LogP contribution in [0.1, 0.15) is 24.2 Å². The van der Waals surface area contributed by atoms with Crippen molar-refractivity contribution in [1.82, 2.24) is 24.2 Å². The molecular formula is C22H27N7O5S2. The molecule has 14 heteroatoms. The maximum absolute atomic E-state index is 13.0. The van der Waals surface area contributed by atoms with Crippen LogP contribution in [0.15, 0.2) is 34.9 Å². The van der Waals surface area contributed by atoms with Gasteiger partial charge >= 0.3 is 5.97 Å². The third-order valence-electron chi connectivity index (χ3n) is 5.68. The van der Waals surface area contributed by atoms with Crippen LogP contribution in [-0.4, -0.2) is 90.3 Å². The molecule has 4 rings (SSSR count). The summed E-state index contributed by atoms with van der Waals surface area (Å²) in [6.45, 7) is 5.87. The second-order valence-electron chi connectivity index (χ2n) is 8.33. The van der Waals surface area contributed by atoms with Gasteiger partial charge in [0.1, 0.15) is 12.1 Å². The summed E-state index contributed by atoms with van der Waals surface area (Å²) in [5.74, 6) is -0.154. The monoisotopic (exact) mass is 533 g/mol. The predicted octanol–water partition coefficient (Wildman–Crippen LogP) is 1.64. The maximum Gasteiger partial charge on any atom is 0.340 e. The minimum atomic E-state index is -3.67. The Morgan fingerprint density at radius 3 is 2.61 bits per heavy atom. The predicted molar refractivity (Wildman–Crippen MR) is 136 cm³/mol. The van der Waals surface area contributed by atoms with E-state index in [2.05, 4.69) is 30.5 Å². The number of thiazole rings is 1. The molecule has 0 spiro atoms. The van der Waals surface area contributed by atoms with Crippen molar-refractivity contribution in [2.75, 3.05) is 50.5 Å². The van der Waals surface area contributed by atoms with Gasteiger partial charge in [-0.05, 0) is 19.1 Å². The second kappa shape index (κ2) is 10.8. The van der Waals surface area contributed by atoms with Crippen molar-refractivity contribution in [2.45, 2.75) is 24.1 Å². The number of hydrogen-bond donors (Lipinski definition) is 2. The fraction of sp³-hybridized carbons (Fsp3) is 0.409. The average Bonchev–Trinajstić information content (AvgIpc) is 3.32. The number of methoxy groups -OCH3 is 1. The lowest BCUT2D eigenvalue weighted by atomic mass is 10.1. The lowest BCUT2D eigenvalue weighted by molar-refractivity contribution is -0.114. The van der Waals surface area contributed by atoms with Gasteiger partial charge in [0, 0.05) is 51.1 Å². The summed E-state index contributed by atoms with van der Waals surface area (Å²) in [5, 5.41) is 6.87. The van der Waals surface area contributed by atoms with E-state index in [-0.39, 0.29) is 21.3 Å². The smallest absolute Gasteiger partial charge is 0.340 e. The molecule has 1 atom stereocenters. The lowest BCUT2D eigenvalue weighted by Gasteiger charge is -2.35. The van der Waals surface area contributed by atoms with Crippen molar-refractivity contribution < 1.29 is 22.7 Å². The van der Waals surface area contributed by atoms with E-state index < -0.39 is 16.0 Å². The van der Waals surface area contributed by atoms with Gasteiger partial charge < -0.3 is 15.4 Å². The number of piperazine rings is 1. The highest BCUT2D eigenvalue weighted by molar-refractivity contribution is 7.91. The van der Waals surface area contributed by atoms with E-state index in [1.54, 1.807) is 12.1 Å². The number of fused-ring (bicyclic) bond motifs is 1. The number of rotatable bonds is 8. The molecule has 2 N–H and O–H groups in total. The molecule has 3 heterocycles. The number of hydrogen-bond acceptors (Lipinski definition) is 11. The average molecular weight is 534 g/mol. The molecule has 0 radical (unpaired) electrons.